The molecule has 3 aromatic heterocycles. The lowest BCUT2D eigenvalue weighted by atomic mass is 9.92. The van der Waals surface area contributed by atoms with E-state index in [1.165, 1.54) is 0 Å². The normalized spacial score (nSPS) is 17.8. The van der Waals surface area contributed by atoms with E-state index in [4.69, 9.17) is 4.98 Å². The molecular formula is C25H30N6O3. The quantitative estimate of drug-likeness (QED) is 0.546. The van der Waals surface area contributed by atoms with Crippen molar-refractivity contribution in [2.75, 3.05) is 36.4 Å². The molecule has 5 heterocycles. The van der Waals surface area contributed by atoms with Crippen LogP contribution in [0.2, 0.25) is 0 Å². The highest BCUT2D eigenvalue weighted by atomic mass is 16.3. The molecule has 0 bridgehead atoms. The van der Waals surface area contributed by atoms with Crippen LogP contribution in [0.1, 0.15) is 44.2 Å². The molecule has 178 valence electrons. The Balaban J connectivity index is 1.41. The van der Waals surface area contributed by atoms with Gasteiger partial charge in [-0.15, -0.1) is 0 Å². The summed E-state index contributed by atoms with van der Waals surface area (Å²) >= 11 is 0. The van der Waals surface area contributed by atoms with Gasteiger partial charge in [-0.1, -0.05) is 0 Å². The molecular weight excluding hydrogens is 432 g/mol. The highest BCUT2D eigenvalue weighted by Crippen LogP contribution is 2.32. The molecule has 9 heteroatoms. The zero-order valence-electron chi connectivity index (χ0n) is 19.3. The number of hydrogen-bond donors (Lipinski definition) is 3. The van der Waals surface area contributed by atoms with Gasteiger partial charge in [0.2, 0.25) is 5.91 Å². The molecule has 0 radical (unpaired) electrons. The number of carbonyl (C=O) groups is 1. The van der Waals surface area contributed by atoms with Crippen LogP contribution < -0.4 is 15.8 Å². The minimum Gasteiger partial charge on any atom is -0.393 e. The number of aromatic amines is 1. The van der Waals surface area contributed by atoms with E-state index in [0.29, 0.717) is 35.5 Å². The van der Waals surface area contributed by atoms with Crippen molar-refractivity contribution in [1.82, 2.24) is 19.9 Å². The predicted octanol–water partition coefficient (Wildman–Crippen LogP) is 2.75. The fourth-order valence-corrected chi connectivity index (χ4v) is 4.92. The number of aromatic nitrogens is 3. The highest BCUT2D eigenvalue weighted by molar-refractivity contribution is 5.92. The number of amides is 1. The van der Waals surface area contributed by atoms with Gasteiger partial charge in [-0.2, -0.15) is 0 Å². The number of anilines is 3. The average molecular weight is 463 g/mol. The summed E-state index contributed by atoms with van der Waals surface area (Å²) in [5.41, 5.74) is 3.06. The maximum Gasteiger partial charge on any atom is 0.259 e. The molecule has 3 N–H and O–H groups in total. The third-order valence-electron chi connectivity index (χ3n) is 6.95. The first-order valence-corrected chi connectivity index (χ1v) is 11.9. The summed E-state index contributed by atoms with van der Waals surface area (Å²) < 4.78 is 0. The van der Waals surface area contributed by atoms with Crippen molar-refractivity contribution in [1.29, 1.82) is 0 Å². The van der Waals surface area contributed by atoms with Gasteiger partial charge in [-0.25, -0.2) is 4.98 Å². The molecule has 5 rings (SSSR count). The van der Waals surface area contributed by atoms with Crippen molar-refractivity contribution in [3.63, 3.8) is 0 Å². The molecule has 0 aromatic carbocycles. The van der Waals surface area contributed by atoms with E-state index in [1.54, 1.807) is 13.1 Å². The number of aliphatic hydroxyl groups is 1. The number of nitrogens with zero attached hydrogens (tertiary/aromatic N) is 4. The van der Waals surface area contributed by atoms with Gasteiger partial charge >= 0.3 is 0 Å². The summed E-state index contributed by atoms with van der Waals surface area (Å²) in [6.07, 6.45) is 6.45. The summed E-state index contributed by atoms with van der Waals surface area (Å²) in [4.78, 5) is 40.6. The second-order valence-electron chi connectivity index (χ2n) is 9.19. The number of rotatable bonds is 4. The van der Waals surface area contributed by atoms with Crippen LogP contribution in [0.5, 0.6) is 0 Å². The number of nitrogens with one attached hydrogen (secondary N) is 2. The summed E-state index contributed by atoms with van der Waals surface area (Å²) in [7, 11) is 0. The van der Waals surface area contributed by atoms with Gasteiger partial charge in [-0.3, -0.25) is 14.6 Å². The summed E-state index contributed by atoms with van der Waals surface area (Å²) in [6, 6.07) is 7.69. The van der Waals surface area contributed by atoms with Gasteiger partial charge in [0, 0.05) is 50.9 Å². The van der Waals surface area contributed by atoms with Crippen LogP contribution in [-0.4, -0.2) is 63.1 Å². The minimum absolute atomic E-state index is 0.106. The van der Waals surface area contributed by atoms with Gasteiger partial charge in [0.15, 0.2) is 0 Å². The molecule has 1 amide bonds. The Hall–Kier alpha value is -3.46. The summed E-state index contributed by atoms with van der Waals surface area (Å²) in [5.74, 6) is 0.979. The van der Waals surface area contributed by atoms with Crippen LogP contribution >= 0.6 is 0 Å². The average Bonchev–Trinajstić information content (AvgIpc) is 2.85. The lowest BCUT2D eigenvalue weighted by Crippen LogP contribution is -2.36. The first kappa shape index (κ1) is 22.3. The smallest absolute Gasteiger partial charge is 0.259 e. The second-order valence-corrected chi connectivity index (χ2v) is 9.19. The third kappa shape index (κ3) is 4.61. The van der Waals surface area contributed by atoms with Crippen molar-refractivity contribution < 1.29 is 9.90 Å². The molecule has 2 fully saturated rings. The van der Waals surface area contributed by atoms with Crippen molar-refractivity contribution >= 4 is 34.0 Å². The molecule has 3 aromatic rings. The number of likely N-dealkylation sites (tertiary alicyclic amines) is 1. The fraction of sp³-hybridized carbons (Fsp3) is 0.440. The Morgan fingerprint density at radius 1 is 1.12 bits per heavy atom. The molecule has 0 unspecified atom stereocenters. The zero-order valence-corrected chi connectivity index (χ0v) is 19.3. The number of fused-ring (bicyclic) bond motifs is 1. The van der Waals surface area contributed by atoms with E-state index in [2.05, 4.69) is 20.2 Å². The van der Waals surface area contributed by atoms with Crippen LogP contribution in [0.3, 0.4) is 0 Å². The maximum absolute atomic E-state index is 12.7. The van der Waals surface area contributed by atoms with Crippen molar-refractivity contribution in [3.05, 3.63) is 52.7 Å². The van der Waals surface area contributed by atoms with Gasteiger partial charge in [0.25, 0.3) is 5.56 Å². The van der Waals surface area contributed by atoms with E-state index in [9.17, 15) is 14.7 Å². The molecule has 9 nitrogen and oxygen atoms in total. The summed E-state index contributed by atoms with van der Waals surface area (Å²) in [5, 5.41) is 13.6. The number of H-pyrrole nitrogens is 1. The lowest BCUT2D eigenvalue weighted by Gasteiger charge is -2.31. The van der Waals surface area contributed by atoms with Crippen molar-refractivity contribution in [2.24, 2.45) is 0 Å². The molecule has 2 saturated heterocycles. The first-order valence-electron chi connectivity index (χ1n) is 11.9. The fourth-order valence-electron chi connectivity index (χ4n) is 4.92. The maximum atomic E-state index is 12.7. The van der Waals surface area contributed by atoms with E-state index in [0.717, 1.165) is 50.2 Å². The molecule has 0 saturated carbocycles. The van der Waals surface area contributed by atoms with Crippen LogP contribution in [0, 0.1) is 0 Å². The standard InChI is InChI=1S/C25H30N6O3/c1-16(32)30-10-5-17(6-11-30)21-14-22(24-20(28-21)4-9-26-25(24)34)29-23-3-2-18(15-27-23)31-12-7-19(33)8-13-31/h2-4,9,14-15,17,19,33H,5-8,10-13H2,1H3,(H,26,34)(H,27,28,29). The van der Waals surface area contributed by atoms with E-state index < -0.39 is 0 Å². The summed E-state index contributed by atoms with van der Waals surface area (Å²) in [6.45, 7) is 4.66. The SMILES string of the molecule is CC(=O)N1CCC(c2cc(Nc3ccc(N4CCC(O)CC4)cn3)c3c(=O)[nH]ccc3n2)CC1. The molecule has 0 spiro atoms. The molecule has 2 aliphatic heterocycles. The number of hydrogen-bond acceptors (Lipinski definition) is 7. The van der Waals surface area contributed by atoms with E-state index in [-0.39, 0.29) is 23.5 Å². The van der Waals surface area contributed by atoms with Crippen LogP contribution in [0.25, 0.3) is 10.9 Å². The van der Waals surface area contributed by atoms with Gasteiger partial charge in [-0.05, 0) is 49.9 Å². The van der Waals surface area contributed by atoms with Crippen LogP contribution in [0.15, 0.2) is 41.5 Å². The Labute approximate surface area is 197 Å². The first-order chi connectivity index (χ1) is 16.5. The highest BCUT2D eigenvalue weighted by Gasteiger charge is 2.24. The number of aliphatic hydroxyl groups excluding tert-OH is 1. The minimum atomic E-state index is -0.216. The molecule has 0 atom stereocenters. The lowest BCUT2D eigenvalue weighted by molar-refractivity contribution is -0.129. The van der Waals surface area contributed by atoms with E-state index >= 15 is 0 Å². The van der Waals surface area contributed by atoms with Gasteiger partial charge in [0.1, 0.15) is 5.82 Å². The predicted molar refractivity (Wildman–Crippen MR) is 132 cm³/mol. The Bertz CT molecular complexity index is 1230. The topological polar surface area (TPSA) is 114 Å². The van der Waals surface area contributed by atoms with Crippen LogP contribution in [-0.2, 0) is 4.79 Å². The van der Waals surface area contributed by atoms with Crippen LogP contribution in [0.4, 0.5) is 17.2 Å². The number of carbonyl (C=O) groups excluding carboxylic acids is 1. The van der Waals surface area contributed by atoms with Gasteiger partial charge in [0.05, 0.1) is 34.6 Å². The molecule has 2 aliphatic rings. The number of piperidine rings is 2. The van der Waals surface area contributed by atoms with Crippen molar-refractivity contribution in [3.8, 4) is 0 Å². The molecule has 34 heavy (non-hydrogen) atoms. The van der Waals surface area contributed by atoms with Gasteiger partial charge < -0.3 is 25.2 Å². The monoisotopic (exact) mass is 462 g/mol. The largest absolute Gasteiger partial charge is 0.393 e. The Morgan fingerprint density at radius 3 is 2.56 bits per heavy atom. The number of pyridine rings is 3. The van der Waals surface area contributed by atoms with Crippen molar-refractivity contribution in [2.45, 2.75) is 44.6 Å². The Morgan fingerprint density at radius 2 is 1.88 bits per heavy atom. The Kier molecular flexibility index (Phi) is 6.19. The van der Waals surface area contributed by atoms with E-state index in [1.807, 2.05) is 35.4 Å². The molecule has 0 aliphatic carbocycles. The zero-order chi connectivity index (χ0) is 23.7. The third-order valence-corrected chi connectivity index (χ3v) is 6.95. The second kappa shape index (κ2) is 9.42.